The zero-order chi connectivity index (χ0) is 24.1. The maximum absolute atomic E-state index is 14.3. The molecular formula is C27H24Cl2FN3O2. The van der Waals surface area contributed by atoms with E-state index in [0.29, 0.717) is 33.8 Å². The van der Waals surface area contributed by atoms with E-state index in [9.17, 15) is 4.39 Å². The van der Waals surface area contributed by atoms with E-state index in [2.05, 4.69) is 10.1 Å². The number of hydrogen-bond acceptors (Lipinski definition) is 5. The fraction of sp³-hybridized carbons (Fsp3) is 0.407. The maximum atomic E-state index is 14.3. The number of aromatic nitrogens is 1. The molecule has 3 atom stereocenters. The van der Waals surface area contributed by atoms with Gasteiger partial charge in [0.15, 0.2) is 0 Å². The van der Waals surface area contributed by atoms with Crippen LogP contribution in [0.4, 0.5) is 10.1 Å². The van der Waals surface area contributed by atoms with Gasteiger partial charge in [-0.25, -0.2) is 4.39 Å². The number of hydrogen-bond donors (Lipinski definition) is 0. The van der Waals surface area contributed by atoms with Crippen LogP contribution in [-0.2, 0) is 11.3 Å². The number of rotatable bonds is 6. The summed E-state index contributed by atoms with van der Waals surface area (Å²) in [6.07, 6.45) is 6.08. The first-order chi connectivity index (χ1) is 17.0. The van der Waals surface area contributed by atoms with Crippen molar-refractivity contribution >= 4 is 28.9 Å². The van der Waals surface area contributed by atoms with Crippen molar-refractivity contribution in [3.8, 4) is 17.3 Å². The Labute approximate surface area is 213 Å². The molecule has 3 aromatic rings. The Bertz CT molecular complexity index is 1280. The number of anilines is 1. The van der Waals surface area contributed by atoms with Crippen molar-refractivity contribution < 1.29 is 13.7 Å². The molecule has 3 aliphatic rings. The summed E-state index contributed by atoms with van der Waals surface area (Å²) in [5, 5.41) is 14.5. The SMILES string of the molecule is N#Cc1ccc(N2[C@@H]3CC[C@H]2C[C@@H](OCc2c(-c4c(Cl)cccc4Cl)noc2C2CC2)C3)cc1F. The Morgan fingerprint density at radius 3 is 2.43 bits per heavy atom. The van der Waals surface area contributed by atoms with Crippen LogP contribution in [0.3, 0.4) is 0 Å². The summed E-state index contributed by atoms with van der Waals surface area (Å²) in [5.41, 5.74) is 3.21. The molecule has 2 aromatic carbocycles. The van der Waals surface area contributed by atoms with Crippen LogP contribution in [0.1, 0.15) is 61.3 Å². The molecule has 35 heavy (non-hydrogen) atoms. The molecule has 2 aliphatic heterocycles. The van der Waals surface area contributed by atoms with E-state index in [1.54, 1.807) is 18.2 Å². The molecule has 2 bridgehead atoms. The second-order valence-electron chi connectivity index (χ2n) is 9.72. The van der Waals surface area contributed by atoms with Gasteiger partial charge in [-0.2, -0.15) is 5.26 Å². The van der Waals surface area contributed by atoms with Gasteiger partial charge in [0.2, 0.25) is 0 Å². The van der Waals surface area contributed by atoms with Crippen LogP contribution >= 0.6 is 23.2 Å². The molecule has 0 amide bonds. The normalized spacial score (nSPS) is 23.5. The number of halogens is 3. The van der Waals surface area contributed by atoms with Gasteiger partial charge in [-0.3, -0.25) is 0 Å². The second kappa shape index (κ2) is 9.13. The van der Waals surface area contributed by atoms with Crippen molar-refractivity contribution in [3.05, 3.63) is 69.1 Å². The molecule has 2 saturated heterocycles. The average molecular weight is 512 g/mol. The van der Waals surface area contributed by atoms with Crippen LogP contribution < -0.4 is 4.90 Å². The highest BCUT2D eigenvalue weighted by Gasteiger charge is 2.42. The zero-order valence-corrected chi connectivity index (χ0v) is 20.5. The predicted molar refractivity (Wildman–Crippen MR) is 132 cm³/mol. The summed E-state index contributed by atoms with van der Waals surface area (Å²) in [6, 6.07) is 12.8. The van der Waals surface area contributed by atoms with Crippen molar-refractivity contribution in [2.24, 2.45) is 0 Å². The number of piperidine rings is 1. The van der Waals surface area contributed by atoms with E-state index in [1.165, 1.54) is 6.07 Å². The van der Waals surface area contributed by atoms with Crippen molar-refractivity contribution in [3.63, 3.8) is 0 Å². The van der Waals surface area contributed by atoms with Gasteiger partial charge in [0, 0.05) is 34.8 Å². The number of fused-ring (bicyclic) bond motifs is 2. The second-order valence-corrected chi connectivity index (χ2v) is 10.5. The van der Waals surface area contributed by atoms with Crippen LogP contribution in [0.25, 0.3) is 11.3 Å². The summed E-state index contributed by atoms with van der Waals surface area (Å²) in [6.45, 7) is 0.391. The van der Waals surface area contributed by atoms with Gasteiger partial charge < -0.3 is 14.2 Å². The molecule has 3 fully saturated rings. The molecule has 6 rings (SSSR count). The van der Waals surface area contributed by atoms with Crippen LogP contribution in [0.2, 0.25) is 10.0 Å². The Morgan fingerprint density at radius 1 is 1.09 bits per heavy atom. The molecule has 8 heteroatoms. The third kappa shape index (κ3) is 4.20. The summed E-state index contributed by atoms with van der Waals surface area (Å²) in [4.78, 5) is 2.31. The minimum absolute atomic E-state index is 0.0777. The Morgan fingerprint density at radius 2 is 1.80 bits per heavy atom. The first-order valence-corrected chi connectivity index (χ1v) is 12.8. The molecule has 5 nitrogen and oxygen atoms in total. The quantitative estimate of drug-likeness (QED) is 0.348. The number of benzene rings is 2. The highest BCUT2D eigenvalue weighted by molar-refractivity contribution is 6.39. The fourth-order valence-electron chi connectivity index (χ4n) is 5.69. The summed E-state index contributed by atoms with van der Waals surface area (Å²) in [7, 11) is 0. The van der Waals surface area contributed by atoms with E-state index in [1.807, 2.05) is 18.2 Å². The van der Waals surface area contributed by atoms with E-state index in [-0.39, 0.29) is 23.8 Å². The van der Waals surface area contributed by atoms with Crippen LogP contribution in [0.5, 0.6) is 0 Å². The smallest absolute Gasteiger partial charge is 0.145 e. The molecule has 3 heterocycles. The largest absolute Gasteiger partial charge is 0.373 e. The van der Waals surface area contributed by atoms with E-state index < -0.39 is 5.82 Å². The van der Waals surface area contributed by atoms with Crippen molar-refractivity contribution in [2.45, 2.75) is 69.2 Å². The van der Waals surface area contributed by atoms with Gasteiger partial charge in [-0.1, -0.05) is 34.4 Å². The average Bonchev–Trinajstić information content (AvgIpc) is 3.55. The van der Waals surface area contributed by atoms with Crippen molar-refractivity contribution in [1.29, 1.82) is 5.26 Å². The number of nitriles is 1. The molecule has 0 radical (unpaired) electrons. The lowest BCUT2D eigenvalue weighted by Gasteiger charge is -2.40. The molecular weight excluding hydrogens is 488 g/mol. The van der Waals surface area contributed by atoms with Gasteiger partial charge in [0.05, 0.1) is 28.3 Å². The Balaban J connectivity index is 1.21. The molecule has 0 spiro atoms. The standard InChI is InChI=1S/C27H24Cl2FN3O2/c28-22-2-1-3-23(29)25(22)26-21(27(35-32-26)15-4-5-15)14-34-20-10-17-8-9-18(11-20)33(17)19-7-6-16(13-31)24(30)12-19/h1-3,6-7,12,15,17-18,20H,4-5,8-11,14H2/t17-,18+,20+. The summed E-state index contributed by atoms with van der Waals surface area (Å²) < 4.78 is 26.5. The lowest BCUT2D eigenvalue weighted by Crippen LogP contribution is -2.45. The highest BCUT2D eigenvalue weighted by atomic mass is 35.5. The number of nitrogens with zero attached hydrogens (tertiary/aromatic N) is 3. The predicted octanol–water partition coefficient (Wildman–Crippen LogP) is 7.25. The van der Waals surface area contributed by atoms with E-state index >= 15 is 0 Å². The third-order valence-electron chi connectivity index (χ3n) is 7.49. The molecule has 1 aliphatic carbocycles. The topological polar surface area (TPSA) is 62.3 Å². The lowest BCUT2D eigenvalue weighted by molar-refractivity contribution is 0.0147. The highest BCUT2D eigenvalue weighted by Crippen LogP contribution is 2.47. The molecule has 180 valence electrons. The van der Waals surface area contributed by atoms with Gasteiger partial charge >= 0.3 is 0 Å². The number of ether oxygens (including phenoxy) is 1. The monoisotopic (exact) mass is 511 g/mol. The Kier molecular flexibility index (Phi) is 5.96. The first kappa shape index (κ1) is 22.8. The Hall–Kier alpha value is -2.59. The summed E-state index contributed by atoms with van der Waals surface area (Å²) >= 11 is 13.0. The van der Waals surface area contributed by atoms with Crippen LogP contribution in [-0.4, -0.2) is 23.3 Å². The van der Waals surface area contributed by atoms with Gasteiger partial charge in [-0.15, -0.1) is 0 Å². The molecule has 1 saturated carbocycles. The van der Waals surface area contributed by atoms with E-state index in [4.69, 9.17) is 37.7 Å². The van der Waals surface area contributed by atoms with Gasteiger partial charge in [0.1, 0.15) is 23.3 Å². The van der Waals surface area contributed by atoms with Gasteiger partial charge in [-0.05, 0) is 68.9 Å². The molecule has 1 aromatic heterocycles. The molecule has 0 N–H and O–H groups in total. The minimum Gasteiger partial charge on any atom is -0.373 e. The van der Waals surface area contributed by atoms with Crippen molar-refractivity contribution in [2.75, 3.05) is 4.90 Å². The van der Waals surface area contributed by atoms with Gasteiger partial charge in [0.25, 0.3) is 0 Å². The van der Waals surface area contributed by atoms with E-state index in [0.717, 1.165) is 55.5 Å². The van der Waals surface area contributed by atoms with Crippen LogP contribution in [0, 0.1) is 17.1 Å². The first-order valence-electron chi connectivity index (χ1n) is 12.1. The molecule has 0 unspecified atom stereocenters. The van der Waals surface area contributed by atoms with Crippen molar-refractivity contribution in [1.82, 2.24) is 5.16 Å². The van der Waals surface area contributed by atoms with Crippen LogP contribution in [0.15, 0.2) is 40.9 Å². The maximum Gasteiger partial charge on any atom is 0.145 e. The summed E-state index contributed by atoms with van der Waals surface area (Å²) in [5.74, 6) is 0.790. The third-order valence-corrected chi connectivity index (χ3v) is 8.12. The minimum atomic E-state index is -0.464. The fourth-order valence-corrected chi connectivity index (χ4v) is 6.27. The zero-order valence-electron chi connectivity index (χ0n) is 19.0. The lowest BCUT2D eigenvalue weighted by atomic mass is 9.98.